The summed E-state index contributed by atoms with van der Waals surface area (Å²) in [5.74, 6) is 4.48. The Kier molecular flexibility index (Phi) is 6.50. The van der Waals surface area contributed by atoms with Crippen LogP contribution in [0, 0.1) is 53.3 Å². The lowest BCUT2D eigenvalue weighted by molar-refractivity contribution is -0.174. The second kappa shape index (κ2) is 9.33. The number of carbonyl (C=O) groups is 1. The van der Waals surface area contributed by atoms with Gasteiger partial charge in [0.25, 0.3) is 0 Å². The van der Waals surface area contributed by atoms with Gasteiger partial charge in [-0.15, -0.1) is 0 Å². The Bertz CT molecular complexity index is 1040. The normalized spacial score (nSPS) is 43.5. The molecule has 37 heavy (non-hydrogen) atoms. The minimum Gasteiger partial charge on any atom is -0.393 e. The molecule has 0 unspecified atom stereocenters. The molecule has 2 heterocycles. The third-order valence-corrected chi connectivity index (χ3v) is 12.6. The molecule has 2 N–H and O–H groups in total. The van der Waals surface area contributed by atoms with E-state index in [2.05, 4.69) is 38.7 Å². The Labute approximate surface area is 223 Å². The van der Waals surface area contributed by atoms with Crippen molar-refractivity contribution in [2.75, 3.05) is 11.4 Å². The molecule has 204 valence electrons. The molecule has 1 aromatic heterocycles. The quantitative estimate of drug-likeness (QED) is 0.548. The van der Waals surface area contributed by atoms with Crippen molar-refractivity contribution in [3.8, 4) is 0 Å². The number of hydrogen-bond acceptors (Lipinski definition) is 4. The maximum Gasteiger partial charge on any atom is 0.228 e. The van der Waals surface area contributed by atoms with Crippen LogP contribution >= 0.6 is 0 Å². The van der Waals surface area contributed by atoms with Gasteiger partial charge in [0.1, 0.15) is 5.82 Å². The molecule has 0 bridgehead atoms. The summed E-state index contributed by atoms with van der Waals surface area (Å²) in [5, 5.41) is 22.1. The highest BCUT2D eigenvalue weighted by atomic mass is 16.3. The van der Waals surface area contributed by atoms with E-state index in [4.69, 9.17) is 0 Å². The average Bonchev–Trinajstić information content (AvgIpc) is 3.45. The Morgan fingerprint density at radius 3 is 2.76 bits per heavy atom. The molecule has 5 aliphatic rings. The van der Waals surface area contributed by atoms with Crippen LogP contribution in [-0.2, 0) is 11.2 Å². The Morgan fingerprint density at radius 2 is 1.95 bits per heavy atom. The van der Waals surface area contributed by atoms with Gasteiger partial charge in [0.2, 0.25) is 5.91 Å². The van der Waals surface area contributed by atoms with Crippen LogP contribution in [0.5, 0.6) is 0 Å². The van der Waals surface area contributed by atoms with Crippen molar-refractivity contribution in [3.05, 3.63) is 23.4 Å². The summed E-state index contributed by atoms with van der Waals surface area (Å²) in [6.45, 7) is 10.0. The van der Waals surface area contributed by atoms with Crippen molar-refractivity contribution < 1.29 is 15.0 Å². The van der Waals surface area contributed by atoms with Crippen molar-refractivity contribution in [1.82, 2.24) is 4.98 Å². The van der Waals surface area contributed by atoms with E-state index in [9.17, 15) is 15.0 Å². The molecule has 6 rings (SSSR count). The van der Waals surface area contributed by atoms with Gasteiger partial charge in [-0.05, 0) is 129 Å². The lowest BCUT2D eigenvalue weighted by atomic mass is 9.43. The number of anilines is 1. The predicted molar refractivity (Wildman–Crippen MR) is 146 cm³/mol. The van der Waals surface area contributed by atoms with Crippen LogP contribution in [0.4, 0.5) is 5.82 Å². The average molecular weight is 509 g/mol. The molecule has 1 amide bonds. The third kappa shape index (κ3) is 4.01. The van der Waals surface area contributed by atoms with Crippen LogP contribution in [0.25, 0.3) is 0 Å². The van der Waals surface area contributed by atoms with Gasteiger partial charge in [0, 0.05) is 19.2 Å². The summed E-state index contributed by atoms with van der Waals surface area (Å²) < 4.78 is 0. The van der Waals surface area contributed by atoms with Gasteiger partial charge in [0.15, 0.2) is 0 Å². The van der Waals surface area contributed by atoms with Crippen molar-refractivity contribution in [2.45, 2.75) is 111 Å². The molecule has 5 nitrogen and oxygen atoms in total. The van der Waals surface area contributed by atoms with Crippen molar-refractivity contribution in [3.63, 3.8) is 0 Å². The zero-order valence-electron chi connectivity index (χ0n) is 23.5. The highest BCUT2D eigenvalue weighted by molar-refractivity contribution is 5.94. The molecule has 4 fully saturated rings. The van der Waals surface area contributed by atoms with Gasteiger partial charge in [-0.3, -0.25) is 9.69 Å². The fourth-order valence-electron chi connectivity index (χ4n) is 10.5. The Balaban J connectivity index is 1.13. The van der Waals surface area contributed by atoms with E-state index in [1.807, 2.05) is 11.1 Å². The first-order valence-electron chi connectivity index (χ1n) is 15.2. The van der Waals surface area contributed by atoms with Crippen LogP contribution < -0.4 is 4.90 Å². The molecule has 5 heteroatoms. The summed E-state index contributed by atoms with van der Waals surface area (Å²) in [4.78, 5) is 19.7. The lowest BCUT2D eigenvalue weighted by Crippen LogP contribution is -2.58. The minimum atomic E-state index is -0.260. The molecular formula is C32H48N2O3. The summed E-state index contributed by atoms with van der Waals surface area (Å²) >= 11 is 0. The highest BCUT2D eigenvalue weighted by Crippen LogP contribution is 2.68. The van der Waals surface area contributed by atoms with E-state index in [1.54, 1.807) is 0 Å². The van der Waals surface area contributed by atoms with Gasteiger partial charge < -0.3 is 10.2 Å². The maximum atomic E-state index is 13.2. The van der Waals surface area contributed by atoms with E-state index in [1.165, 1.54) is 31.2 Å². The van der Waals surface area contributed by atoms with Gasteiger partial charge in [-0.25, -0.2) is 4.98 Å². The number of nitrogens with zero attached hydrogens (tertiary/aromatic N) is 2. The van der Waals surface area contributed by atoms with Gasteiger partial charge in [-0.1, -0.05) is 26.8 Å². The Morgan fingerprint density at radius 1 is 1.14 bits per heavy atom. The van der Waals surface area contributed by atoms with Crippen LogP contribution in [0.2, 0.25) is 0 Å². The fourth-order valence-corrected chi connectivity index (χ4v) is 10.5. The van der Waals surface area contributed by atoms with E-state index >= 15 is 0 Å². The number of fused-ring (bicyclic) bond motifs is 6. The molecule has 0 aromatic carbocycles. The number of aryl methyl sites for hydroxylation is 1. The van der Waals surface area contributed by atoms with Crippen LogP contribution in [0.1, 0.15) is 96.1 Å². The predicted octanol–water partition coefficient (Wildman–Crippen LogP) is 5.69. The zero-order valence-corrected chi connectivity index (χ0v) is 23.5. The number of carbonyl (C=O) groups excluding carboxylic acids is 1. The van der Waals surface area contributed by atoms with Gasteiger partial charge >= 0.3 is 0 Å². The first-order valence-corrected chi connectivity index (χ1v) is 15.2. The second-order valence-corrected chi connectivity index (χ2v) is 14.2. The first kappa shape index (κ1) is 25.8. The maximum absolute atomic E-state index is 13.2. The van der Waals surface area contributed by atoms with Crippen LogP contribution in [-0.4, -0.2) is 39.9 Å². The second-order valence-electron chi connectivity index (χ2n) is 14.2. The molecule has 1 aromatic rings. The molecule has 4 saturated carbocycles. The highest BCUT2D eigenvalue weighted by Gasteiger charge is 2.63. The molecule has 0 spiro atoms. The molecule has 0 radical (unpaired) electrons. The Hall–Kier alpha value is -1.46. The molecule has 0 saturated heterocycles. The lowest BCUT2D eigenvalue weighted by Gasteiger charge is -2.62. The molecule has 1 aliphatic heterocycles. The topological polar surface area (TPSA) is 73.7 Å². The summed E-state index contributed by atoms with van der Waals surface area (Å²) in [6.07, 6.45) is 12.7. The van der Waals surface area contributed by atoms with E-state index < -0.39 is 0 Å². The van der Waals surface area contributed by atoms with Crippen molar-refractivity contribution >= 4 is 11.7 Å². The van der Waals surface area contributed by atoms with Crippen LogP contribution in [0.3, 0.4) is 0 Å². The molecule has 10 atom stereocenters. The minimum absolute atomic E-state index is 0.0413. The van der Waals surface area contributed by atoms with Gasteiger partial charge in [0.05, 0.1) is 12.2 Å². The largest absolute Gasteiger partial charge is 0.393 e. The number of aliphatic hydroxyl groups excluding tert-OH is 2. The van der Waals surface area contributed by atoms with Crippen molar-refractivity contribution in [2.24, 2.45) is 46.3 Å². The summed E-state index contributed by atoms with van der Waals surface area (Å²) in [6, 6.07) is 2.17. The number of pyridine rings is 1. The molecule has 4 aliphatic carbocycles. The summed E-state index contributed by atoms with van der Waals surface area (Å²) in [5.41, 5.74) is 2.59. The first-order chi connectivity index (χ1) is 17.6. The monoisotopic (exact) mass is 508 g/mol. The third-order valence-electron chi connectivity index (χ3n) is 12.6. The number of amides is 1. The van der Waals surface area contributed by atoms with E-state index in [0.29, 0.717) is 41.9 Å². The zero-order chi connectivity index (χ0) is 26.1. The number of aliphatic hydroxyl groups is 2. The number of hydrogen-bond donors (Lipinski definition) is 2. The van der Waals surface area contributed by atoms with Gasteiger partial charge in [-0.2, -0.15) is 0 Å². The van der Waals surface area contributed by atoms with E-state index in [-0.39, 0.29) is 28.9 Å². The number of rotatable bonds is 4. The van der Waals surface area contributed by atoms with E-state index in [0.717, 1.165) is 56.5 Å². The SMILES string of the molecule is Cc1cnc2c(c1)CCN2C(=O)CC[C@@H](C)[C@H]1CC[C@H]2[C@@H]3CC[C@@H]4C[C@H](O)CC[C@]4(C)[C@H]3C[C@H](O)[C@]12C. The smallest absolute Gasteiger partial charge is 0.228 e. The number of aromatic nitrogens is 1. The summed E-state index contributed by atoms with van der Waals surface area (Å²) in [7, 11) is 0. The van der Waals surface area contributed by atoms with Crippen LogP contribution in [0.15, 0.2) is 12.3 Å². The molecular weight excluding hydrogens is 460 g/mol. The standard InChI is InChI=1S/C32H48N2O3/c1-19-15-21-12-14-34(30(21)33-18-19)29(37)10-5-20(2)25-8-9-26-24-7-6-22-16-23(35)11-13-31(22,3)27(24)17-28(36)32(25,26)4/h15,18,20,22-28,35-36H,5-14,16-17H2,1-4H3/t20-,22-,23-,24+,25-,26+,27+,28+,31+,32-/m1/s1. The van der Waals surface area contributed by atoms with Crippen molar-refractivity contribution in [1.29, 1.82) is 0 Å². The fraction of sp³-hybridized carbons (Fsp3) is 0.812.